The SMILES string of the molecule is CC(C)(O)CCCCCC(C)(c1ccccc1)c1ccc(O)c(CO)c1. The summed E-state index contributed by atoms with van der Waals surface area (Å²) in [5.41, 5.74) is 2.11. The second kappa shape index (κ2) is 8.70. The fraction of sp³-hybridized carbons (Fsp3) is 0.478. The van der Waals surface area contributed by atoms with Crippen molar-refractivity contribution in [3.63, 3.8) is 0 Å². The van der Waals surface area contributed by atoms with Crippen molar-refractivity contribution in [3.05, 3.63) is 65.2 Å². The van der Waals surface area contributed by atoms with Gasteiger partial charge in [0.25, 0.3) is 0 Å². The minimum absolute atomic E-state index is 0.136. The molecule has 0 heterocycles. The highest BCUT2D eigenvalue weighted by Gasteiger charge is 2.29. The number of phenols is 1. The van der Waals surface area contributed by atoms with Crippen LogP contribution in [-0.4, -0.2) is 20.9 Å². The van der Waals surface area contributed by atoms with Gasteiger partial charge in [-0.3, -0.25) is 0 Å². The number of unbranched alkanes of at least 4 members (excludes halogenated alkanes) is 2. The first-order valence-electron chi connectivity index (χ1n) is 9.47. The molecule has 2 aromatic carbocycles. The number of aliphatic hydroxyl groups is 2. The molecule has 2 rings (SSSR count). The van der Waals surface area contributed by atoms with E-state index in [1.54, 1.807) is 6.07 Å². The Labute approximate surface area is 157 Å². The van der Waals surface area contributed by atoms with Gasteiger partial charge in [0.15, 0.2) is 0 Å². The third-order valence-electron chi connectivity index (χ3n) is 5.26. The molecule has 3 nitrogen and oxygen atoms in total. The van der Waals surface area contributed by atoms with E-state index in [4.69, 9.17) is 0 Å². The summed E-state index contributed by atoms with van der Waals surface area (Å²) in [5, 5.41) is 29.3. The molecular weight excluding hydrogens is 324 g/mol. The first kappa shape index (κ1) is 20.5. The molecule has 0 aromatic heterocycles. The minimum atomic E-state index is -0.601. The van der Waals surface area contributed by atoms with Crippen LogP contribution in [0.1, 0.15) is 69.6 Å². The Kier molecular flexibility index (Phi) is 6.85. The smallest absolute Gasteiger partial charge is 0.121 e. The predicted molar refractivity (Wildman–Crippen MR) is 106 cm³/mol. The normalized spacial score (nSPS) is 14.2. The molecule has 0 aliphatic heterocycles. The predicted octanol–water partition coefficient (Wildman–Crippen LogP) is 4.91. The van der Waals surface area contributed by atoms with Gasteiger partial charge in [0.1, 0.15) is 5.75 Å². The molecule has 0 aliphatic rings. The largest absolute Gasteiger partial charge is 0.508 e. The summed E-state index contributed by atoms with van der Waals surface area (Å²) in [5.74, 6) is 0.136. The van der Waals surface area contributed by atoms with Crippen LogP contribution in [0.25, 0.3) is 0 Å². The Bertz CT molecular complexity index is 688. The lowest BCUT2D eigenvalue weighted by atomic mass is 9.72. The van der Waals surface area contributed by atoms with Crippen LogP contribution in [0.15, 0.2) is 48.5 Å². The van der Waals surface area contributed by atoms with Crippen molar-refractivity contribution in [2.75, 3.05) is 0 Å². The van der Waals surface area contributed by atoms with Crippen LogP contribution in [0.3, 0.4) is 0 Å². The average Bonchev–Trinajstić information content (AvgIpc) is 2.61. The van der Waals surface area contributed by atoms with Crippen LogP contribution in [0.2, 0.25) is 0 Å². The van der Waals surface area contributed by atoms with Gasteiger partial charge in [-0.25, -0.2) is 0 Å². The lowest BCUT2D eigenvalue weighted by Crippen LogP contribution is -2.24. The van der Waals surface area contributed by atoms with Gasteiger partial charge in [0, 0.05) is 11.0 Å². The van der Waals surface area contributed by atoms with Gasteiger partial charge in [-0.05, 0) is 49.9 Å². The average molecular weight is 357 g/mol. The van der Waals surface area contributed by atoms with Crippen LogP contribution < -0.4 is 0 Å². The molecule has 0 amide bonds. The highest BCUT2D eigenvalue weighted by molar-refractivity contribution is 5.44. The van der Waals surface area contributed by atoms with E-state index < -0.39 is 5.60 Å². The van der Waals surface area contributed by atoms with Gasteiger partial charge in [-0.1, -0.05) is 62.6 Å². The van der Waals surface area contributed by atoms with Crippen LogP contribution >= 0.6 is 0 Å². The highest BCUT2D eigenvalue weighted by atomic mass is 16.3. The van der Waals surface area contributed by atoms with Crippen molar-refractivity contribution in [2.45, 2.75) is 70.5 Å². The van der Waals surface area contributed by atoms with E-state index in [9.17, 15) is 15.3 Å². The maximum Gasteiger partial charge on any atom is 0.121 e. The molecule has 0 saturated heterocycles. The van der Waals surface area contributed by atoms with Crippen molar-refractivity contribution in [2.24, 2.45) is 0 Å². The second-order valence-electron chi connectivity index (χ2n) is 8.07. The van der Waals surface area contributed by atoms with Crippen molar-refractivity contribution >= 4 is 0 Å². The van der Waals surface area contributed by atoms with E-state index in [-0.39, 0.29) is 17.8 Å². The molecular formula is C23H32O3. The zero-order valence-corrected chi connectivity index (χ0v) is 16.2. The molecule has 0 aliphatic carbocycles. The summed E-state index contributed by atoms with van der Waals surface area (Å²) in [4.78, 5) is 0. The summed E-state index contributed by atoms with van der Waals surface area (Å²) >= 11 is 0. The second-order valence-corrected chi connectivity index (χ2v) is 8.07. The summed E-state index contributed by atoms with van der Waals surface area (Å²) in [6, 6.07) is 16.0. The molecule has 26 heavy (non-hydrogen) atoms. The van der Waals surface area contributed by atoms with Crippen LogP contribution in [-0.2, 0) is 12.0 Å². The van der Waals surface area contributed by atoms with E-state index in [0.717, 1.165) is 37.7 Å². The van der Waals surface area contributed by atoms with E-state index in [0.29, 0.717) is 5.56 Å². The van der Waals surface area contributed by atoms with Gasteiger partial charge < -0.3 is 15.3 Å². The summed E-state index contributed by atoms with van der Waals surface area (Å²) < 4.78 is 0. The monoisotopic (exact) mass is 356 g/mol. The first-order valence-corrected chi connectivity index (χ1v) is 9.47. The maximum absolute atomic E-state index is 9.91. The number of hydrogen-bond acceptors (Lipinski definition) is 3. The van der Waals surface area contributed by atoms with Crippen molar-refractivity contribution in [1.82, 2.24) is 0 Å². The lowest BCUT2D eigenvalue weighted by molar-refractivity contribution is 0.0679. The molecule has 0 spiro atoms. The molecule has 0 radical (unpaired) electrons. The van der Waals surface area contributed by atoms with E-state index in [1.165, 1.54) is 5.56 Å². The third-order valence-corrected chi connectivity index (χ3v) is 5.26. The van der Waals surface area contributed by atoms with Gasteiger partial charge in [-0.2, -0.15) is 0 Å². The zero-order chi connectivity index (χ0) is 19.2. The number of aliphatic hydroxyl groups excluding tert-OH is 1. The van der Waals surface area contributed by atoms with Crippen molar-refractivity contribution in [3.8, 4) is 5.75 Å². The van der Waals surface area contributed by atoms with E-state index >= 15 is 0 Å². The molecule has 3 heteroatoms. The zero-order valence-electron chi connectivity index (χ0n) is 16.2. The standard InChI is InChI=1S/C23H32O3/c1-22(2,26)14-8-5-9-15-23(3,19-10-6-4-7-11-19)20-12-13-21(25)18(16-20)17-24/h4,6-7,10-13,16,24-26H,5,8-9,14-15,17H2,1-3H3. The maximum atomic E-state index is 9.91. The molecule has 0 bridgehead atoms. The summed E-state index contributed by atoms with van der Waals surface area (Å²) in [6.45, 7) is 5.77. The summed E-state index contributed by atoms with van der Waals surface area (Å²) in [7, 11) is 0. The van der Waals surface area contributed by atoms with Crippen LogP contribution in [0, 0.1) is 0 Å². The molecule has 2 aromatic rings. The Morgan fingerprint density at radius 3 is 2.08 bits per heavy atom. The summed E-state index contributed by atoms with van der Waals surface area (Å²) in [6.07, 6.45) is 4.90. The van der Waals surface area contributed by atoms with Gasteiger partial charge >= 0.3 is 0 Å². The number of hydrogen-bond donors (Lipinski definition) is 3. The van der Waals surface area contributed by atoms with Crippen LogP contribution in [0.4, 0.5) is 0 Å². The van der Waals surface area contributed by atoms with Crippen LogP contribution in [0.5, 0.6) is 5.75 Å². The molecule has 142 valence electrons. The Morgan fingerprint density at radius 2 is 1.46 bits per heavy atom. The number of aromatic hydroxyl groups is 1. The van der Waals surface area contributed by atoms with E-state index in [1.807, 2.05) is 32.0 Å². The molecule has 1 unspecified atom stereocenters. The molecule has 1 atom stereocenters. The van der Waals surface area contributed by atoms with Gasteiger partial charge in [0.05, 0.1) is 12.2 Å². The van der Waals surface area contributed by atoms with Crippen molar-refractivity contribution in [1.29, 1.82) is 0 Å². The molecule has 0 fully saturated rings. The third kappa shape index (κ3) is 5.33. The minimum Gasteiger partial charge on any atom is -0.508 e. The highest BCUT2D eigenvalue weighted by Crippen LogP contribution is 2.38. The molecule has 3 N–H and O–H groups in total. The fourth-order valence-corrected chi connectivity index (χ4v) is 3.53. The van der Waals surface area contributed by atoms with E-state index in [2.05, 4.69) is 31.2 Å². The fourth-order valence-electron chi connectivity index (χ4n) is 3.53. The number of rotatable bonds is 9. The first-order chi connectivity index (χ1) is 12.3. The Balaban J connectivity index is 2.21. The lowest BCUT2D eigenvalue weighted by Gasteiger charge is -2.32. The van der Waals surface area contributed by atoms with Gasteiger partial charge in [-0.15, -0.1) is 0 Å². The Hall–Kier alpha value is -1.84. The van der Waals surface area contributed by atoms with Crippen molar-refractivity contribution < 1.29 is 15.3 Å². The number of benzene rings is 2. The topological polar surface area (TPSA) is 60.7 Å². The Morgan fingerprint density at radius 1 is 0.808 bits per heavy atom. The van der Waals surface area contributed by atoms with Gasteiger partial charge in [0.2, 0.25) is 0 Å². The molecule has 0 saturated carbocycles. The quantitative estimate of drug-likeness (QED) is 0.559.